The van der Waals surface area contributed by atoms with Crippen LogP contribution in [0.2, 0.25) is 0 Å². The molecule has 0 atom stereocenters. The van der Waals surface area contributed by atoms with Crippen LogP contribution in [0, 0.1) is 0 Å². The van der Waals surface area contributed by atoms with E-state index in [0.717, 1.165) is 3.79 Å². The van der Waals surface area contributed by atoms with E-state index < -0.39 is 0 Å². The molecular weight excluding hydrogens is 278 g/mol. The van der Waals surface area contributed by atoms with Crippen molar-refractivity contribution in [3.63, 3.8) is 0 Å². The first kappa shape index (κ1) is 10.3. The van der Waals surface area contributed by atoms with Gasteiger partial charge in [-0.15, -0.1) is 11.3 Å². The predicted octanol–water partition coefficient (Wildman–Crippen LogP) is 2.55. The molecule has 0 aliphatic rings. The van der Waals surface area contributed by atoms with Crippen molar-refractivity contribution in [1.29, 1.82) is 0 Å². The normalized spacial score (nSPS) is 9.93. The zero-order valence-corrected chi connectivity index (χ0v) is 9.88. The van der Waals surface area contributed by atoms with Gasteiger partial charge in [0.2, 0.25) is 5.95 Å². The van der Waals surface area contributed by atoms with E-state index in [-0.39, 0.29) is 5.91 Å². The van der Waals surface area contributed by atoms with Crippen molar-refractivity contribution >= 4 is 39.1 Å². The largest absolute Gasteiger partial charge is 0.290 e. The maximum atomic E-state index is 11.6. The Labute approximate surface area is 98.5 Å². The van der Waals surface area contributed by atoms with E-state index in [1.165, 1.54) is 11.3 Å². The number of amides is 1. The lowest BCUT2D eigenvalue weighted by Gasteiger charge is -1.99. The highest BCUT2D eigenvalue weighted by atomic mass is 79.9. The first-order chi connectivity index (χ1) is 7.25. The molecule has 0 saturated heterocycles. The Kier molecular flexibility index (Phi) is 3.08. The summed E-state index contributed by atoms with van der Waals surface area (Å²) < 4.78 is 0.918. The number of rotatable bonds is 2. The number of hydrogen-bond donors (Lipinski definition) is 1. The van der Waals surface area contributed by atoms with Gasteiger partial charge in [0, 0.05) is 17.8 Å². The van der Waals surface area contributed by atoms with Gasteiger partial charge in [0.05, 0.1) is 9.35 Å². The summed E-state index contributed by atoms with van der Waals surface area (Å²) in [7, 11) is 0. The molecule has 0 aliphatic carbocycles. The molecular formula is C9H6BrN3OS. The number of carbonyl (C=O) groups is 1. The smallest absolute Gasteiger partial charge is 0.258 e. The van der Waals surface area contributed by atoms with Gasteiger partial charge < -0.3 is 0 Å². The summed E-state index contributed by atoms with van der Waals surface area (Å²) in [5.74, 6) is 0.105. The van der Waals surface area contributed by atoms with Crippen LogP contribution in [0.5, 0.6) is 0 Å². The molecule has 0 unspecified atom stereocenters. The second-order valence-corrected chi connectivity index (χ2v) is 4.96. The highest BCUT2D eigenvalue weighted by molar-refractivity contribution is 9.11. The monoisotopic (exact) mass is 283 g/mol. The summed E-state index contributed by atoms with van der Waals surface area (Å²) in [5.41, 5.74) is 0.597. The van der Waals surface area contributed by atoms with Crippen molar-refractivity contribution in [3.05, 3.63) is 39.3 Å². The van der Waals surface area contributed by atoms with E-state index in [9.17, 15) is 4.79 Å². The Balaban J connectivity index is 2.11. The fourth-order valence-corrected chi connectivity index (χ4v) is 2.10. The topological polar surface area (TPSA) is 54.9 Å². The second-order valence-electron chi connectivity index (χ2n) is 2.67. The van der Waals surface area contributed by atoms with Gasteiger partial charge in [-0.2, -0.15) is 0 Å². The number of thiophene rings is 1. The molecule has 0 aromatic carbocycles. The maximum Gasteiger partial charge on any atom is 0.258 e. The lowest BCUT2D eigenvalue weighted by molar-refractivity contribution is 0.102. The molecule has 1 amide bonds. The molecule has 1 N–H and O–H groups in total. The van der Waals surface area contributed by atoms with Crippen molar-refractivity contribution in [2.75, 3.05) is 5.32 Å². The molecule has 76 valence electrons. The van der Waals surface area contributed by atoms with Crippen LogP contribution in [0.15, 0.2) is 33.7 Å². The molecule has 2 rings (SSSR count). The number of hydrogen-bond acceptors (Lipinski definition) is 4. The SMILES string of the molecule is O=C(Nc1ncccn1)c1csc(Br)c1. The fourth-order valence-electron chi connectivity index (χ4n) is 0.966. The van der Waals surface area contributed by atoms with E-state index in [1.54, 1.807) is 29.9 Å². The highest BCUT2D eigenvalue weighted by Crippen LogP contribution is 2.20. The summed E-state index contributed by atoms with van der Waals surface area (Å²) in [5, 5.41) is 4.36. The van der Waals surface area contributed by atoms with Gasteiger partial charge in [-0.1, -0.05) is 0 Å². The van der Waals surface area contributed by atoms with Gasteiger partial charge in [0.25, 0.3) is 5.91 Å². The van der Waals surface area contributed by atoms with Gasteiger partial charge >= 0.3 is 0 Å². The Bertz CT molecular complexity index is 471. The van der Waals surface area contributed by atoms with Gasteiger partial charge in [0.1, 0.15) is 0 Å². The lowest BCUT2D eigenvalue weighted by atomic mass is 10.3. The van der Waals surface area contributed by atoms with Crippen LogP contribution in [0.4, 0.5) is 5.95 Å². The van der Waals surface area contributed by atoms with E-state index in [1.807, 2.05) is 0 Å². The summed E-state index contributed by atoms with van der Waals surface area (Å²) in [6, 6.07) is 3.44. The van der Waals surface area contributed by atoms with Crippen molar-refractivity contribution in [1.82, 2.24) is 9.97 Å². The number of anilines is 1. The van der Waals surface area contributed by atoms with Gasteiger partial charge in [-0.25, -0.2) is 9.97 Å². The predicted molar refractivity (Wildman–Crippen MR) is 62.0 cm³/mol. The quantitative estimate of drug-likeness (QED) is 0.922. The van der Waals surface area contributed by atoms with Crippen LogP contribution in [0.1, 0.15) is 10.4 Å². The minimum absolute atomic E-state index is 0.205. The minimum Gasteiger partial charge on any atom is -0.290 e. The van der Waals surface area contributed by atoms with Crippen molar-refractivity contribution < 1.29 is 4.79 Å². The van der Waals surface area contributed by atoms with Crippen molar-refractivity contribution in [2.24, 2.45) is 0 Å². The first-order valence-corrected chi connectivity index (χ1v) is 5.75. The van der Waals surface area contributed by atoms with Crippen molar-refractivity contribution in [2.45, 2.75) is 0 Å². The summed E-state index contributed by atoms with van der Waals surface area (Å²) in [6.45, 7) is 0. The van der Waals surface area contributed by atoms with E-state index in [2.05, 4.69) is 31.2 Å². The molecule has 0 radical (unpaired) electrons. The Morgan fingerprint density at radius 3 is 2.73 bits per heavy atom. The van der Waals surface area contributed by atoms with Crippen LogP contribution < -0.4 is 5.32 Å². The number of carbonyl (C=O) groups excluding carboxylic acids is 1. The first-order valence-electron chi connectivity index (χ1n) is 4.08. The van der Waals surface area contributed by atoms with E-state index in [4.69, 9.17) is 0 Å². The minimum atomic E-state index is -0.205. The standard InChI is InChI=1S/C9H6BrN3OS/c10-7-4-6(5-15-7)8(14)13-9-11-2-1-3-12-9/h1-5H,(H,11,12,13,14). The van der Waals surface area contributed by atoms with Crippen LogP contribution in [0.3, 0.4) is 0 Å². The Hall–Kier alpha value is -1.27. The summed E-state index contributed by atoms with van der Waals surface area (Å²) in [4.78, 5) is 19.4. The lowest BCUT2D eigenvalue weighted by Crippen LogP contribution is -2.12. The van der Waals surface area contributed by atoms with Crippen molar-refractivity contribution in [3.8, 4) is 0 Å². The summed E-state index contributed by atoms with van der Waals surface area (Å²) in [6.07, 6.45) is 3.15. The van der Waals surface area contributed by atoms with E-state index in [0.29, 0.717) is 11.5 Å². The Morgan fingerprint density at radius 2 is 2.13 bits per heavy atom. The molecule has 0 fully saturated rings. The third-order valence-electron chi connectivity index (χ3n) is 1.62. The molecule has 2 aromatic rings. The van der Waals surface area contributed by atoms with Crippen LogP contribution >= 0.6 is 27.3 Å². The van der Waals surface area contributed by atoms with Crippen LogP contribution in [-0.4, -0.2) is 15.9 Å². The maximum absolute atomic E-state index is 11.6. The number of aromatic nitrogens is 2. The molecule has 0 spiro atoms. The van der Waals surface area contributed by atoms with E-state index >= 15 is 0 Å². The molecule has 0 aliphatic heterocycles. The molecule has 0 bridgehead atoms. The Morgan fingerprint density at radius 1 is 1.40 bits per heavy atom. The molecule has 4 nitrogen and oxygen atoms in total. The average Bonchev–Trinajstić information content (AvgIpc) is 2.66. The average molecular weight is 284 g/mol. The fraction of sp³-hybridized carbons (Fsp3) is 0. The number of nitrogens with one attached hydrogen (secondary N) is 1. The molecule has 2 heterocycles. The van der Waals surface area contributed by atoms with Crippen LogP contribution in [0.25, 0.3) is 0 Å². The molecule has 6 heteroatoms. The number of nitrogens with zero attached hydrogens (tertiary/aromatic N) is 2. The van der Waals surface area contributed by atoms with Gasteiger partial charge in [-0.05, 0) is 28.1 Å². The zero-order valence-electron chi connectivity index (χ0n) is 7.48. The summed E-state index contributed by atoms with van der Waals surface area (Å²) >= 11 is 4.75. The third kappa shape index (κ3) is 2.60. The highest BCUT2D eigenvalue weighted by Gasteiger charge is 2.08. The molecule has 0 saturated carbocycles. The molecule has 2 aromatic heterocycles. The second kappa shape index (κ2) is 4.50. The van der Waals surface area contributed by atoms with Gasteiger partial charge in [-0.3, -0.25) is 10.1 Å². The van der Waals surface area contributed by atoms with Crippen LogP contribution in [-0.2, 0) is 0 Å². The third-order valence-corrected chi connectivity index (χ3v) is 3.13. The number of halogens is 1. The van der Waals surface area contributed by atoms with Gasteiger partial charge in [0.15, 0.2) is 0 Å². The zero-order chi connectivity index (χ0) is 10.7. The molecule has 15 heavy (non-hydrogen) atoms.